The number of hydrogen-bond donors (Lipinski definition) is 2. The van der Waals surface area contributed by atoms with Gasteiger partial charge in [0.15, 0.2) is 0 Å². The summed E-state index contributed by atoms with van der Waals surface area (Å²) in [5, 5.41) is 10.4. The number of piperidine rings is 1. The number of hydrogen-bond acceptors (Lipinski definition) is 3. The first-order valence-electron chi connectivity index (χ1n) is 6.16. The van der Waals surface area contributed by atoms with Crippen LogP contribution in [0.5, 0.6) is 0 Å². The van der Waals surface area contributed by atoms with E-state index in [1.165, 1.54) is 0 Å². The lowest BCUT2D eigenvalue weighted by atomic mass is 9.98. The van der Waals surface area contributed by atoms with E-state index >= 15 is 0 Å². The van der Waals surface area contributed by atoms with Gasteiger partial charge in [0.05, 0.1) is 18.2 Å². The molecular weight excluding hydrogens is 252 g/mol. The lowest BCUT2D eigenvalue weighted by molar-refractivity contribution is -0.126. The van der Waals surface area contributed by atoms with E-state index in [1.54, 1.807) is 10.9 Å². The van der Waals surface area contributed by atoms with E-state index in [1.807, 2.05) is 20.2 Å². The Morgan fingerprint density at radius 2 is 2.44 bits per heavy atom. The summed E-state index contributed by atoms with van der Waals surface area (Å²) in [5.74, 6) is 0.261. The Kier molecular flexibility index (Phi) is 5.62. The average Bonchev–Trinajstić information content (AvgIpc) is 2.77. The van der Waals surface area contributed by atoms with E-state index in [0.717, 1.165) is 31.5 Å². The molecule has 1 aliphatic rings. The Bertz CT molecular complexity index is 387. The second-order valence-electron chi connectivity index (χ2n) is 4.72. The molecule has 0 spiro atoms. The van der Waals surface area contributed by atoms with Gasteiger partial charge in [0, 0.05) is 25.4 Å². The lowest BCUT2D eigenvalue weighted by Crippen LogP contribution is -2.41. The lowest BCUT2D eigenvalue weighted by Gasteiger charge is -2.23. The number of aryl methyl sites for hydroxylation is 1. The fraction of sp³-hybridized carbons (Fsp3) is 0.667. The topological polar surface area (TPSA) is 59.0 Å². The zero-order chi connectivity index (χ0) is 12.3. The second kappa shape index (κ2) is 6.75. The molecule has 102 valence electrons. The Hall–Kier alpha value is -1.07. The number of nitrogens with one attached hydrogen (secondary N) is 2. The van der Waals surface area contributed by atoms with Gasteiger partial charge in [-0.2, -0.15) is 5.10 Å². The van der Waals surface area contributed by atoms with Crippen LogP contribution in [0.25, 0.3) is 0 Å². The number of carbonyl (C=O) groups excluding carboxylic acids is 1. The van der Waals surface area contributed by atoms with E-state index in [-0.39, 0.29) is 30.3 Å². The number of aromatic nitrogens is 2. The number of amides is 1. The van der Waals surface area contributed by atoms with Crippen molar-refractivity contribution in [3.05, 3.63) is 18.0 Å². The molecule has 1 aromatic rings. The molecule has 18 heavy (non-hydrogen) atoms. The summed E-state index contributed by atoms with van der Waals surface area (Å²) in [6, 6.07) is 0.0260. The molecule has 0 aliphatic carbocycles. The molecule has 2 N–H and O–H groups in total. The number of halogens is 1. The molecule has 2 atom stereocenters. The van der Waals surface area contributed by atoms with Crippen LogP contribution in [0.1, 0.15) is 31.4 Å². The van der Waals surface area contributed by atoms with Gasteiger partial charge >= 0.3 is 0 Å². The minimum Gasteiger partial charge on any atom is -0.349 e. The first-order valence-corrected chi connectivity index (χ1v) is 6.16. The smallest absolute Gasteiger partial charge is 0.224 e. The van der Waals surface area contributed by atoms with Gasteiger partial charge in [-0.1, -0.05) is 0 Å². The molecule has 0 aromatic carbocycles. The molecule has 2 heterocycles. The van der Waals surface area contributed by atoms with Crippen LogP contribution in [-0.2, 0) is 11.8 Å². The van der Waals surface area contributed by atoms with Crippen molar-refractivity contribution in [3.63, 3.8) is 0 Å². The summed E-state index contributed by atoms with van der Waals surface area (Å²) in [5.41, 5.74) is 1.05. The quantitative estimate of drug-likeness (QED) is 0.864. The van der Waals surface area contributed by atoms with Crippen LogP contribution in [0, 0.1) is 5.92 Å². The van der Waals surface area contributed by atoms with E-state index in [2.05, 4.69) is 15.7 Å². The maximum atomic E-state index is 12.0. The van der Waals surface area contributed by atoms with Crippen LogP contribution in [0.15, 0.2) is 12.4 Å². The highest BCUT2D eigenvalue weighted by molar-refractivity contribution is 5.85. The van der Waals surface area contributed by atoms with Gasteiger partial charge in [0.25, 0.3) is 0 Å². The Balaban J connectivity index is 0.00000162. The molecule has 1 fully saturated rings. The summed E-state index contributed by atoms with van der Waals surface area (Å²) < 4.78 is 1.75. The first kappa shape index (κ1) is 15.0. The van der Waals surface area contributed by atoms with Crippen LogP contribution in [0.3, 0.4) is 0 Å². The van der Waals surface area contributed by atoms with Crippen molar-refractivity contribution in [2.45, 2.75) is 25.8 Å². The third kappa shape index (κ3) is 3.71. The maximum absolute atomic E-state index is 12.0. The van der Waals surface area contributed by atoms with Crippen LogP contribution in [0.2, 0.25) is 0 Å². The first-order chi connectivity index (χ1) is 8.16. The predicted molar refractivity (Wildman–Crippen MR) is 72.6 cm³/mol. The molecule has 0 bridgehead atoms. The van der Waals surface area contributed by atoms with Gasteiger partial charge in [0.1, 0.15) is 0 Å². The molecule has 2 unspecified atom stereocenters. The molecule has 0 saturated carbocycles. The highest BCUT2D eigenvalue weighted by Crippen LogP contribution is 2.14. The fourth-order valence-corrected chi connectivity index (χ4v) is 2.15. The number of carbonyl (C=O) groups is 1. The van der Waals surface area contributed by atoms with Crippen molar-refractivity contribution in [1.82, 2.24) is 20.4 Å². The van der Waals surface area contributed by atoms with Gasteiger partial charge in [-0.3, -0.25) is 9.48 Å². The van der Waals surface area contributed by atoms with Crippen molar-refractivity contribution < 1.29 is 4.79 Å². The summed E-state index contributed by atoms with van der Waals surface area (Å²) in [6.45, 7) is 3.82. The van der Waals surface area contributed by atoms with Crippen molar-refractivity contribution in [2.24, 2.45) is 13.0 Å². The molecule has 1 amide bonds. The number of rotatable bonds is 3. The van der Waals surface area contributed by atoms with Crippen molar-refractivity contribution in [3.8, 4) is 0 Å². The molecular formula is C12H21ClN4O. The van der Waals surface area contributed by atoms with Gasteiger partial charge in [-0.05, 0) is 26.3 Å². The summed E-state index contributed by atoms with van der Waals surface area (Å²) in [4.78, 5) is 12.0. The molecule has 6 heteroatoms. The Morgan fingerprint density at radius 3 is 3.00 bits per heavy atom. The third-order valence-corrected chi connectivity index (χ3v) is 3.25. The fourth-order valence-electron chi connectivity index (χ4n) is 2.15. The van der Waals surface area contributed by atoms with Gasteiger partial charge in [-0.15, -0.1) is 12.4 Å². The normalized spacial score (nSPS) is 20.9. The highest BCUT2D eigenvalue weighted by Gasteiger charge is 2.22. The SMILES string of the molecule is CC(NC(=O)C1CCCNC1)c1cnn(C)c1.Cl. The highest BCUT2D eigenvalue weighted by atomic mass is 35.5. The van der Waals surface area contributed by atoms with Crippen molar-refractivity contribution >= 4 is 18.3 Å². The Morgan fingerprint density at radius 1 is 1.67 bits per heavy atom. The second-order valence-corrected chi connectivity index (χ2v) is 4.72. The standard InChI is InChI=1S/C12H20N4O.ClH/c1-9(11-7-14-16(2)8-11)15-12(17)10-4-3-5-13-6-10;/h7-10,13H,3-6H2,1-2H3,(H,15,17);1H. The molecule has 0 radical (unpaired) electrons. The molecule has 5 nitrogen and oxygen atoms in total. The molecule has 1 aromatic heterocycles. The summed E-state index contributed by atoms with van der Waals surface area (Å²) in [7, 11) is 1.88. The minimum atomic E-state index is 0. The zero-order valence-corrected chi connectivity index (χ0v) is 11.7. The van der Waals surface area contributed by atoms with Crippen molar-refractivity contribution in [1.29, 1.82) is 0 Å². The summed E-state index contributed by atoms with van der Waals surface area (Å²) in [6.07, 6.45) is 5.80. The number of nitrogens with zero attached hydrogens (tertiary/aromatic N) is 2. The van der Waals surface area contributed by atoms with E-state index in [9.17, 15) is 4.79 Å². The third-order valence-electron chi connectivity index (χ3n) is 3.25. The van der Waals surface area contributed by atoms with Crippen LogP contribution < -0.4 is 10.6 Å². The van der Waals surface area contributed by atoms with E-state index in [0.29, 0.717) is 0 Å². The van der Waals surface area contributed by atoms with Gasteiger partial charge in [-0.25, -0.2) is 0 Å². The van der Waals surface area contributed by atoms with Crippen LogP contribution >= 0.6 is 12.4 Å². The Labute approximate surface area is 114 Å². The molecule has 2 rings (SSSR count). The average molecular weight is 273 g/mol. The largest absolute Gasteiger partial charge is 0.349 e. The predicted octanol–water partition coefficient (Wildman–Crippen LogP) is 1.02. The maximum Gasteiger partial charge on any atom is 0.224 e. The monoisotopic (exact) mass is 272 g/mol. The zero-order valence-electron chi connectivity index (χ0n) is 10.8. The van der Waals surface area contributed by atoms with Gasteiger partial charge in [0.2, 0.25) is 5.91 Å². The van der Waals surface area contributed by atoms with Gasteiger partial charge < -0.3 is 10.6 Å². The summed E-state index contributed by atoms with van der Waals surface area (Å²) >= 11 is 0. The van der Waals surface area contributed by atoms with Crippen LogP contribution in [0.4, 0.5) is 0 Å². The van der Waals surface area contributed by atoms with E-state index < -0.39 is 0 Å². The molecule has 1 aliphatic heterocycles. The van der Waals surface area contributed by atoms with Crippen LogP contribution in [-0.4, -0.2) is 28.8 Å². The van der Waals surface area contributed by atoms with Crippen molar-refractivity contribution in [2.75, 3.05) is 13.1 Å². The van der Waals surface area contributed by atoms with E-state index in [4.69, 9.17) is 0 Å². The molecule has 1 saturated heterocycles. The minimum absolute atomic E-state index is 0.